The fourth-order valence-corrected chi connectivity index (χ4v) is 2.73. The van der Waals surface area contributed by atoms with Gasteiger partial charge in [0.1, 0.15) is 0 Å². The van der Waals surface area contributed by atoms with E-state index in [1.54, 1.807) is 0 Å². The van der Waals surface area contributed by atoms with E-state index in [0.717, 1.165) is 17.3 Å². The van der Waals surface area contributed by atoms with Crippen molar-refractivity contribution < 1.29 is 4.79 Å². The molecule has 1 N–H and O–H groups in total. The van der Waals surface area contributed by atoms with Gasteiger partial charge in [-0.1, -0.05) is 41.4 Å². The van der Waals surface area contributed by atoms with Crippen LogP contribution in [0.4, 0.5) is 0 Å². The molecule has 92 valence electrons. The quantitative estimate of drug-likeness (QED) is 0.850. The molecule has 1 saturated carbocycles. The zero-order valence-corrected chi connectivity index (χ0v) is 11.7. The zero-order chi connectivity index (χ0) is 12.3. The monoisotopic (exact) mass is 295 g/mol. The Kier molecular flexibility index (Phi) is 4.21. The normalized spacial score (nSPS) is 23.6. The summed E-state index contributed by atoms with van der Waals surface area (Å²) in [5.74, 6) is 0.672. The SMILES string of the molecule is CC1CCCC1NC(=O)c1ccc(CBr)cc1. The lowest BCUT2D eigenvalue weighted by Crippen LogP contribution is -2.36. The van der Waals surface area contributed by atoms with Crippen LogP contribution < -0.4 is 5.32 Å². The molecule has 17 heavy (non-hydrogen) atoms. The van der Waals surface area contributed by atoms with Crippen LogP contribution in [0.5, 0.6) is 0 Å². The number of alkyl halides is 1. The highest BCUT2D eigenvalue weighted by molar-refractivity contribution is 9.08. The maximum Gasteiger partial charge on any atom is 0.251 e. The predicted octanol–water partition coefficient (Wildman–Crippen LogP) is 3.50. The van der Waals surface area contributed by atoms with Crippen LogP contribution in [-0.2, 0) is 5.33 Å². The number of hydrogen-bond acceptors (Lipinski definition) is 1. The summed E-state index contributed by atoms with van der Waals surface area (Å²) >= 11 is 3.40. The minimum Gasteiger partial charge on any atom is -0.349 e. The highest BCUT2D eigenvalue weighted by atomic mass is 79.9. The number of halogens is 1. The molecule has 2 nitrogen and oxygen atoms in total. The van der Waals surface area contributed by atoms with Crippen molar-refractivity contribution >= 4 is 21.8 Å². The van der Waals surface area contributed by atoms with Gasteiger partial charge in [-0.25, -0.2) is 0 Å². The van der Waals surface area contributed by atoms with E-state index < -0.39 is 0 Å². The Bertz CT molecular complexity index is 388. The Balaban J connectivity index is 1.99. The number of benzene rings is 1. The lowest BCUT2D eigenvalue weighted by atomic mass is 10.1. The topological polar surface area (TPSA) is 29.1 Å². The molecule has 1 amide bonds. The summed E-state index contributed by atoms with van der Waals surface area (Å²) in [6.45, 7) is 2.21. The van der Waals surface area contributed by atoms with Crippen molar-refractivity contribution in [1.29, 1.82) is 0 Å². The lowest BCUT2D eigenvalue weighted by molar-refractivity contribution is 0.0929. The maximum atomic E-state index is 12.0. The third-order valence-corrected chi connectivity index (χ3v) is 4.20. The van der Waals surface area contributed by atoms with Crippen LogP contribution in [-0.4, -0.2) is 11.9 Å². The molecule has 0 spiro atoms. The third-order valence-electron chi connectivity index (χ3n) is 3.55. The van der Waals surface area contributed by atoms with Crippen molar-refractivity contribution in [1.82, 2.24) is 5.32 Å². The van der Waals surface area contributed by atoms with Crippen LogP contribution in [0.2, 0.25) is 0 Å². The molecule has 1 fully saturated rings. The highest BCUT2D eigenvalue weighted by Gasteiger charge is 2.24. The van der Waals surface area contributed by atoms with Crippen LogP contribution in [0.3, 0.4) is 0 Å². The molecule has 0 bridgehead atoms. The molecule has 0 radical (unpaired) electrons. The Hall–Kier alpha value is -0.830. The molecular weight excluding hydrogens is 278 g/mol. The second-order valence-corrected chi connectivity index (χ2v) is 5.38. The summed E-state index contributed by atoms with van der Waals surface area (Å²) < 4.78 is 0. The number of hydrogen-bond donors (Lipinski definition) is 1. The van der Waals surface area contributed by atoms with Crippen molar-refractivity contribution in [2.75, 3.05) is 0 Å². The second kappa shape index (κ2) is 5.67. The van der Waals surface area contributed by atoms with E-state index in [4.69, 9.17) is 0 Å². The van der Waals surface area contributed by atoms with Gasteiger partial charge in [0.15, 0.2) is 0 Å². The van der Waals surface area contributed by atoms with Gasteiger partial charge in [0.05, 0.1) is 0 Å². The lowest BCUT2D eigenvalue weighted by Gasteiger charge is -2.17. The molecule has 1 aromatic carbocycles. The summed E-state index contributed by atoms with van der Waals surface area (Å²) in [5, 5.41) is 3.96. The highest BCUT2D eigenvalue weighted by Crippen LogP contribution is 2.25. The summed E-state index contributed by atoms with van der Waals surface area (Å²) in [6, 6.07) is 8.12. The minimum absolute atomic E-state index is 0.0601. The van der Waals surface area contributed by atoms with Gasteiger partial charge in [-0.2, -0.15) is 0 Å². The average molecular weight is 296 g/mol. The molecule has 2 unspecified atom stereocenters. The van der Waals surface area contributed by atoms with Crippen molar-refractivity contribution in [2.24, 2.45) is 5.92 Å². The molecule has 2 atom stereocenters. The van der Waals surface area contributed by atoms with Gasteiger partial charge >= 0.3 is 0 Å². The molecule has 0 heterocycles. The van der Waals surface area contributed by atoms with E-state index >= 15 is 0 Å². The molecule has 1 aliphatic rings. The molecule has 0 saturated heterocycles. The number of carbonyl (C=O) groups is 1. The molecule has 1 aliphatic carbocycles. The summed E-state index contributed by atoms with van der Waals surface area (Å²) in [5.41, 5.74) is 1.95. The second-order valence-electron chi connectivity index (χ2n) is 4.82. The van der Waals surface area contributed by atoms with E-state index in [2.05, 4.69) is 28.2 Å². The van der Waals surface area contributed by atoms with Gasteiger partial charge in [-0.3, -0.25) is 4.79 Å². The largest absolute Gasteiger partial charge is 0.349 e. The number of rotatable bonds is 3. The Morgan fingerprint density at radius 3 is 2.59 bits per heavy atom. The molecular formula is C14H18BrNO. The van der Waals surface area contributed by atoms with Gasteiger partial charge in [-0.05, 0) is 36.5 Å². The van der Waals surface area contributed by atoms with Gasteiger partial charge in [0.25, 0.3) is 5.91 Å². The smallest absolute Gasteiger partial charge is 0.251 e. The molecule has 2 rings (SSSR count). The first-order valence-electron chi connectivity index (χ1n) is 6.16. The number of amides is 1. The van der Waals surface area contributed by atoms with E-state index in [0.29, 0.717) is 12.0 Å². The number of carbonyl (C=O) groups excluding carboxylic acids is 1. The third kappa shape index (κ3) is 3.09. The van der Waals surface area contributed by atoms with E-state index in [1.165, 1.54) is 18.4 Å². The van der Waals surface area contributed by atoms with E-state index in [9.17, 15) is 4.79 Å². The summed E-state index contributed by atoms with van der Waals surface area (Å²) in [4.78, 5) is 12.0. The Morgan fingerprint density at radius 2 is 2.06 bits per heavy atom. The average Bonchev–Trinajstić information content (AvgIpc) is 2.75. The van der Waals surface area contributed by atoms with Crippen LogP contribution >= 0.6 is 15.9 Å². The van der Waals surface area contributed by atoms with E-state index in [-0.39, 0.29) is 5.91 Å². The number of nitrogens with one attached hydrogen (secondary N) is 1. The molecule has 1 aromatic rings. The molecule has 0 aliphatic heterocycles. The van der Waals surface area contributed by atoms with Gasteiger partial charge in [-0.15, -0.1) is 0 Å². The summed E-state index contributed by atoms with van der Waals surface area (Å²) in [6.07, 6.45) is 3.58. The van der Waals surface area contributed by atoms with Crippen molar-refractivity contribution in [3.8, 4) is 0 Å². The zero-order valence-electron chi connectivity index (χ0n) is 10.1. The Morgan fingerprint density at radius 1 is 1.35 bits per heavy atom. The van der Waals surface area contributed by atoms with Gasteiger partial charge in [0, 0.05) is 16.9 Å². The first-order valence-corrected chi connectivity index (χ1v) is 7.28. The van der Waals surface area contributed by atoms with Crippen LogP contribution in [0, 0.1) is 5.92 Å². The van der Waals surface area contributed by atoms with Gasteiger partial charge in [0.2, 0.25) is 0 Å². The van der Waals surface area contributed by atoms with Crippen LogP contribution in [0.1, 0.15) is 42.1 Å². The molecule has 3 heteroatoms. The van der Waals surface area contributed by atoms with Crippen LogP contribution in [0.15, 0.2) is 24.3 Å². The van der Waals surface area contributed by atoms with Crippen LogP contribution in [0.25, 0.3) is 0 Å². The maximum absolute atomic E-state index is 12.0. The predicted molar refractivity (Wildman–Crippen MR) is 73.3 cm³/mol. The standard InChI is InChI=1S/C14H18BrNO/c1-10-3-2-4-13(10)16-14(17)12-7-5-11(9-15)6-8-12/h5-8,10,13H,2-4,9H2,1H3,(H,16,17). The minimum atomic E-state index is 0.0601. The van der Waals surface area contributed by atoms with Crippen molar-refractivity contribution in [3.63, 3.8) is 0 Å². The first kappa shape index (κ1) is 12.6. The van der Waals surface area contributed by atoms with E-state index in [1.807, 2.05) is 24.3 Å². The summed E-state index contributed by atoms with van der Waals surface area (Å²) in [7, 11) is 0. The fourth-order valence-electron chi connectivity index (χ4n) is 2.36. The Labute approximate surface area is 111 Å². The van der Waals surface area contributed by atoms with Gasteiger partial charge < -0.3 is 5.32 Å². The van der Waals surface area contributed by atoms with Crippen molar-refractivity contribution in [2.45, 2.75) is 37.6 Å². The first-order chi connectivity index (χ1) is 8.20. The van der Waals surface area contributed by atoms with Crippen molar-refractivity contribution in [3.05, 3.63) is 35.4 Å². The fraction of sp³-hybridized carbons (Fsp3) is 0.500. The molecule has 0 aromatic heterocycles.